The summed E-state index contributed by atoms with van der Waals surface area (Å²) < 4.78 is 55.7. The number of hydrogen-bond donors (Lipinski definition) is 1. The van der Waals surface area contributed by atoms with Crippen LogP contribution in [0.1, 0.15) is 22.7 Å². The highest BCUT2D eigenvalue weighted by atomic mass is 19.4. The second-order valence-corrected chi connectivity index (χ2v) is 4.49. The zero-order chi connectivity index (χ0) is 15.6. The van der Waals surface area contributed by atoms with Gasteiger partial charge in [0.1, 0.15) is 0 Å². The third-order valence-electron chi connectivity index (χ3n) is 3.13. The van der Waals surface area contributed by atoms with Crippen molar-refractivity contribution in [3.05, 3.63) is 65.0 Å². The molecule has 0 saturated heterocycles. The summed E-state index contributed by atoms with van der Waals surface area (Å²) in [4.78, 5) is 0. The molecule has 1 atom stereocenters. The van der Waals surface area contributed by atoms with E-state index in [0.29, 0.717) is 11.1 Å². The van der Waals surface area contributed by atoms with E-state index in [-0.39, 0.29) is 5.75 Å². The fourth-order valence-electron chi connectivity index (χ4n) is 1.94. The van der Waals surface area contributed by atoms with Gasteiger partial charge >= 0.3 is 6.18 Å². The number of ether oxygens (including phenoxy) is 1. The van der Waals surface area contributed by atoms with Gasteiger partial charge in [-0.1, -0.05) is 18.2 Å². The summed E-state index contributed by atoms with van der Waals surface area (Å²) in [7, 11) is 1.33. The summed E-state index contributed by atoms with van der Waals surface area (Å²) in [5.74, 6) is -0.490. The van der Waals surface area contributed by atoms with Crippen molar-refractivity contribution in [2.45, 2.75) is 12.2 Å². The van der Waals surface area contributed by atoms with Crippen LogP contribution in [0.2, 0.25) is 0 Å². The Morgan fingerprint density at radius 2 is 1.57 bits per heavy atom. The molecular weight excluding hydrogens is 286 g/mol. The van der Waals surface area contributed by atoms with Gasteiger partial charge in [-0.15, -0.1) is 0 Å². The quantitative estimate of drug-likeness (QED) is 0.872. The van der Waals surface area contributed by atoms with Crippen molar-refractivity contribution in [2.24, 2.45) is 5.73 Å². The van der Waals surface area contributed by atoms with Crippen molar-refractivity contribution in [1.29, 1.82) is 0 Å². The van der Waals surface area contributed by atoms with Crippen LogP contribution in [0, 0.1) is 5.82 Å². The monoisotopic (exact) mass is 299 g/mol. The SMILES string of the molecule is COc1cc(C(N)c2ccc(C(F)(F)F)cc2)ccc1F. The molecule has 0 aliphatic rings. The maximum absolute atomic E-state index is 13.3. The standard InChI is InChI=1S/C15H13F4NO/c1-21-13-8-10(4-7-12(13)16)14(20)9-2-5-11(6-3-9)15(17,18)19/h2-8,14H,20H2,1H3. The molecular formula is C15H13F4NO. The molecule has 0 saturated carbocycles. The van der Waals surface area contributed by atoms with Gasteiger partial charge in [0.15, 0.2) is 11.6 Å². The van der Waals surface area contributed by atoms with Crippen LogP contribution >= 0.6 is 0 Å². The van der Waals surface area contributed by atoms with Crippen molar-refractivity contribution in [1.82, 2.24) is 0 Å². The summed E-state index contributed by atoms with van der Waals surface area (Å²) in [5, 5.41) is 0. The lowest BCUT2D eigenvalue weighted by molar-refractivity contribution is -0.137. The normalized spacial score (nSPS) is 13.0. The number of rotatable bonds is 3. The molecule has 2 aromatic carbocycles. The largest absolute Gasteiger partial charge is 0.494 e. The predicted octanol–water partition coefficient (Wildman–Crippen LogP) is 3.90. The van der Waals surface area contributed by atoms with Crippen LogP contribution in [0.4, 0.5) is 17.6 Å². The van der Waals surface area contributed by atoms with Crippen molar-refractivity contribution in [3.63, 3.8) is 0 Å². The first-order valence-electron chi connectivity index (χ1n) is 6.09. The number of methoxy groups -OCH3 is 1. The summed E-state index contributed by atoms with van der Waals surface area (Å²) >= 11 is 0. The lowest BCUT2D eigenvalue weighted by Gasteiger charge is -2.15. The van der Waals surface area contributed by atoms with Gasteiger partial charge in [0.25, 0.3) is 0 Å². The van der Waals surface area contributed by atoms with E-state index < -0.39 is 23.6 Å². The first-order chi connectivity index (χ1) is 9.82. The summed E-state index contributed by atoms with van der Waals surface area (Å²) in [6.45, 7) is 0. The Morgan fingerprint density at radius 3 is 2.10 bits per heavy atom. The Hall–Kier alpha value is -2.08. The molecule has 2 rings (SSSR count). The van der Waals surface area contributed by atoms with E-state index in [1.54, 1.807) is 0 Å². The van der Waals surface area contributed by atoms with E-state index in [2.05, 4.69) is 0 Å². The van der Waals surface area contributed by atoms with Gasteiger partial charge in [0.2, 0.25) is 0 Å². The number of nitrogens with two attached hydrogens (primary N) is 1. The molecule has 6 heteroatoms. The maximum atomic E-state index is 13.3. The minimum absolute atomic E-state index is 0.0369. The molecule has 21 heavy (non-hydrogen) atoms. The lowest BCUT2D eigenvalue weighted by Crippen LogP contribution is -2.13. The van der Waals surface area contributed by atoms with Crippen molar-refractivity contribution in [3.8, 4) is 5.75 Å². The van der Waals surface area contributed by atoms with Gasteiger partial charge in [0, 0.05) is 0 Å². The molecule has 0 heterocycles. The van der Waals surface area contributed by atoms with Gasteiger partial charge in [-0.05, 0) is 35.4 Å². The molecule has 2 nitrogen and oxygen atoms in total. The van der Waals surface area contributed by atoms with Gasteiger partial charge in [0.05, 0.1) is 18.7 Å². The highest BCUT2D eigenvalue weighted by molar-refractivity contribution is 5.38. The fourth-order valence-corrected chi connectivity index (χ4v) is 1.94. The summed E-state index contributed by atoms with van der Waals surface area (Å²) in [6.07, 6.45) is -4.39. The molecule has 0 bridgehead atoms. The fraction of sp³-hybridized carbons (Fsp3) is 0.200. The number of alkyl halides is 3. The van der Waals surface area contributed by atoms with Crippen LogP contribution in [0.15, 0.2) is 42.5 Å². The molecule has 1 unspecified atom stereocenters. The Morgan fingerprint density at radius 1 is 1.00 bits per heavy atom. The van der Waals surface area contributed by atoms with E-state index >= 15 is 0 Å². The second-order valence-electron chi connectivity index (χ2n) is 4.49. The second kappa shape index (κ2) is 5.73. The molecule has 0 spiro atoms. The minimum atomic E-state index is -4.39. The minimum Gasteiger partial charge on any atom is -0.494 e. The van der Waals surface area contributed by atoms with Crippen LogP contribution < -0.4 is 10.5 Å². The first-order valence-corrected chi connectivity index (χ1v) is 6.09. The van der Waals surface area contributed by atoms with Gasteiger partial charge in [-0.3, -0.25) is 0 Å². The van der Waals surface area contributed by atoms with Crippen molar-refractivity contribution < 1.29 is 22.3 Å². The number of benzene rings is 2. The topological polar surface area (TPSA) is 35.2 Å². The van der Waals surface area contributed by atoms with Crippen LogP contribution in [0.3, 0.4) is 0 Å². The molecule has 0 amide bonds. The Bertz CT molecular complexity index is 623. The Balaban J connectivity index is 2.29. The molecule has 0 radical (unpaired) electrons. The van der Waals surface area contributed by atoms with E-state index in [4.69, 9.17) is 10.5 Å². The number of halogens is 4. The molecule has 2 aromatic rings. The van der Waals surface area contributed by atoms with Gasteiger partial charge < -0.3 is 10.5 Å². The van der Waals surface area contributed by atoms with Crippen LogP contribution in [-0.4, -0.2) is 7.11 Å². The highest BCUT2D eigenvalue weighted by Gasteiger charge is 2.30. The highest BCUT2D eigenvalue weighted by Crippen LogP contribution is 2.31. The predicted molar refractivity (Wildman–Crippen MR) is 70.4 cm³/mol. The molecule has 112 valence electrons. The molecule has 0 aromatic heterocycles. The zero-order valence-electron chi connectivity index (χ0n) is 11.1. The van der Waals surface area contributed by atoms with Crippen LogP contribution in [-0.2, 0) is 6.18 Å². The zero-order valence-corrected chi connectivity index (χ0v) is 11.1. The lowest BCUT2D eigenvalue weighted by atomic mass is 9.98. The van der Waals surface area contributed by atoms with E-state index in [1.807, 2.05) is 0 Å². The van der Waals surface area contributed by atoms with Gasteiger partial charge in [-0.25, -0.2) is 4.39 Å². The maximum Gasteiger partial charge on any atom is 0.416 e. The molecule has 0 aliphatic heterocycles. The number of hydrogen-bond acceptors (Lipinski definition) is 2. The van der Waals surface area contributed by atoms with Gasteiger partial charge in [-0.2, -0.15) is 13.2 Å². The summed E-state index contributed by atoms with van der Waals surface area (Å²) in [6, 6.07) is 8.00. The smallest absolute Gasteiger partial charge is 0.416 e. The average Bonchev–Trinajstić information content (AvgIpc) is 2.46. The van der Waals surface area contributed by atoms with E-state index in [0.717, 1.165) is 12.1 Å². The van der Waals surface area contributed by atoms with Crippen LogP contribution in [0.25, 0.3) is 0 Å². The van der Waals surface area contributed by atoms with E-state index in [9.17, 15) is 17.6 Å². The molecule has 0 fully saturated rings. The molecule has 0 aliphatic carbocycles. The third kappa shape index (κ3) is 3.33. The van der Waals surface area contributed by atoms with Crippen molar-refractivity contribution >= 4 is 0 Å². The third-order valence-corrected chi connectivity index (χ3v) is 3.13. The molecule has 2 N–H and O–H groups in total. The van der Waals surface area contributed by atoms with E-state index in [1.165, 1.54) is 37.4 Å². The van der Waals surface area contributed by atoms with Crippen molar-refractivity contribution in [2.75, 3.05) is 7.11 Å². The first kappa shape index (κ1) is 15.3. The average molecular weight is 299 g/mol. The summed E-state index contributed by atoms with van der Waals surface area (Å²) in [5.41, 5.74) is 6.30. The Labute approximate surface area is 119 Å². The Kier molecular flexibility index (Phi) is 4.18. The van der Waals surface area contributed by atoms with Crippen LogP contribution in [0.5, 0.6) is 5.75 Å².